The number of hydrogen-bond acceptors (Lipinski definition) is 9. The molecule has 39 heavy (non-hydrogen) atoms. The SMILES string of the molecule is CCOC(=Cc1ccc(-n2cnc(C)c2)c(OC)c1)C1=NOC(C(=O)OC)(c2cc(F)cc(F)c2)N1CCO. The van der Waals surface area contributed by atoms with Crippen molar-refractivity contribution in [2.45, 2.75) is 19.6 Å². The summed E-state index contributed by atoms with van der Waals surface area (Å²) in [5.41, 5.74) is -0.177. The molecule has 1 unspecified atom stereocenters. The van der Waals surface area contributed by atoms with E-state index in [2.05, 4.69) is 10.1 Å². The number of hydrogen-bond donors (Lipinski definition) is 1. The maximum Gasteiger partial charge on any atom is 0.380 e. The van der Waals surface area contributed by atoms with Gasteiger partial charge in [-0.3, -0.25) is 4.90 Å². The predicted octanol–water partition coefficient (Wildman–Crippen LogP) is 3.51. The predicted molar refractivity (Wildman–Crippen MR) is 137 cm³/mol. The number of nitrogens with zero attached hydrogens (tertiary/aromatic N) is 4. The normalized spacial score (nSPS) is 17.1. The van der Waals surface area contributed by atoms with Crippen LogP contribution in [0.15, 0.2) is 59.8 Å². The van der Waals surface area contributed by atoms with Crippen LogP contribution in [0.25, 0.3) is 11.8 Å². The molecule has 206 valence electrons. The van der Waals surface area contributed by atoms with Crippen molar-refractivity contribution >= 4 is 17.9 Å². The van der Waals surface area contributed by atoms with Crippen LogP contribution in [-0.2, 0) is 24.8 Å². The number of amidine groups is 1. The molecule has 12 heteroatoms. The number of carbonyl (C=O) groups is 1. The largest absolute Gasteiger partial charge is 0.495 e. The number of aromatic nitrogens is 2. The Balaban J connectivity index is 1.80. The average molecular weight is 543 g/mol. The number of carbonyl (C=O) groups excluding carboxylic acids is 1. The van der Waals surface area contributed by atoms with Gasteiger partial charge in [0, 0.05) is 24.4 Å². The molecule has 1 aromatic heterocycles. The van der Waals surface area contributed by atoms with Crippen LogP contribution in [0, 0.1) is 18.6 Å². The maximum atomic E-state index is 14.2. The van der Waals surface area contributed by atoms with Gasteiger partial charge in [0.25, 0.3) is 0 Å². The van der Waals surface area contributed by atoms with E-state index in [-0.39, 0.29) is 30.3 Å². The topological polar surface area (TPSA) is 108 Å². The lowest BCUT2D eigenvalue weighted by atomic mass is 9.99. The molecule has 0 saturated carbocycles. The van der Waals surface area contributed by atoms with Gasteiger partial charge in [-0.2, -0.15) is 0 Å². The Morgan fingerprint density at radius 2 is 1.92 bits per heavy atom. The van der Waals surface area contributed by atoms with Gasteiger partial charge in [-0.15, -0.1) is 0 Å². The quantitative estimate of drug-likeness (QED) is 0.307. The van der Waals surface area contributed by atoms with Gasteiger partial charge < -0.3 is 28.7 Å². The van der Waals surface area contributed by atoms with Gasteiger partial charge in [-0.25, -0.2) is 18.6 Å². The molecule has 0 saturated heterocycles. The van der Waals surface area contributed by atoms with Gasteiger partial charge in [0.2, 0.25) is 5.84 Å². The highest BCUT2D eigenvalue weighted by Crippen LogP contribution is 2.39. The number of ether oxygens (including phenoxy) is 3. The van der Waals surface area contributed by atoms with Crippen molar-refractivity contribution in [3.05, 3.63) is 83.1 Å². The average Bonchev–Trinajstić information content (AvgIpc) is 3.52. The minimum atomic E-state index is -2.22. The minimum Gasteiger partial charge on any atom is -0.495 e. The van der Waals surface area contributed by atoms with E-state index >= 15 is 0 Å². The number of methoxy groups -OCH3 is 2. The molecular formula is C27H28F2N4O6. The molecule has 0 aliphatic carbocycles. The van der Waals surface area contributed by atoms with Crippen molar-refractivity contribution in [2.24, 2.45) is 5.16 Å². The Morgan fingerprint density at radius 1 is 1.18 bits per heavy atom. The summed E-state index contributed by atoms with van der Waals surface area (Å²) in [7, 11) is 2.65. The second-order valence-electron chi connectivity index (χ2n) is 8.47. The highest BCUT2D eigenvalue weighted by Gasteiger charge is 2.56. The molecule has 0 radical (unpaired) electrons. The van der Waals surface area contributed by atoms with Crippen LogP contribution in [0.4, 0.5) is 8.78 Å². The third-order valence-corrected chi connectivity index (χ3v) is 5.95. The fourth-order valence-corrected chi connectivity index (χ4v) is 4.29. The number of aliphatic hydroxyl groups excluding tert-OH is 1. The van der Waals surface area contributed by atoms with E-state index in [1.807, 2.05) is 29.8 Å². The third-order valence-electron chi connectivity index (χ3n) is 5.95. The van der Waals surface area contributed by atoms with Crippen LogP contribution in [-0.4, -0.2) is 65.3 Å². The first kappa shape index (κ1) is 27.6. The van der Waals surface area contributed by atoms with Crippen molar-refractivity contribution in [1.29, 1.82) is 0 Å². The van der Waals surface area contributed by atoms with Crippen LogP contribution in [0.2, 0.25) is 0 Å². The Kier molecular flexibility index (Phi) is 8.15. The van der Waals surface area contributed by atoms with Crippen LogP contribution in [0.3, 0.4) is 0 Å². The van der Waals surface area contributed by atoms with Gasteiger partial charge in [-0.1, -0.05) is 11.2 Å². The monoisotopic (exact) mass is 542 g/mol. The van der Waals surface area contributed by atoms with Crippen molar-refractivity contribution < 1.29 is 37.7 Å². The molecule has 1 N–H and O–H groups in total. The number of esters is 1. The third kappa shape index (κ3) is 5.28. The number of benzene rings is 2. The van der Waals surface area contributed by atoms with E-state index < -0.39 is 29.9 Å². The van der Waals surface area contributed by atoms with Gasteiger partial charge in [0.1, 0.15) is 17.4 Å². The molecule has 2 aromatic carbocycles. The van der Waals surface area contributed by atoms with Gasteiger partial charge in [0.15, 0.2) is 5.76 Å². The first-order valence-electron chi connectivity index (χ1n) is 12.0. The number of rotatable bonds is 10. The number of β-amino-alcohol motifs (C(OH)–C–C–N with tert-alkyl or cyclic N) is 1. The van der Waals surface area contributed by atoms with E-state index in [9.17, 15) is 18.7 Å². The maximum absolute atomic E-state index is 14.2. The number of aryl methyl sites for hydroxylation is 1. The Hall–Kier alpha value is -4.45. The lowest BCUT2D eigenvalue weighted by Crippen LogP contribution is -2.54. The molecule has 0 fully saturated rings. The summed E-state index contributed by atoms with van der Waals surface area (Å²) in [5.74, 6) is -2.15. The van der Waals surface area contributed by atoms with E-state index in [1.165, 1.54) is 4.90 Å². The molecule has 2 heterocycles. The Labute approximate surface area is 223 Å². The summed E-state index contributed by atoms with van der Waals surface area (Å²) in [4.78, 5) is 24.2. The summed E-state index contributed by atoms with van der Waals surface area (Å²) in [6, 6.07) is 7.96. The molecule has 1 aliphatic heterocycles. The van der Waals surface area contributed by atoms with E-state index in [1.54, 1.807) is 32.5 Å². The van der Waals surface area contributed by atoms with E-state index in [4.69, 9.17) is 19.0 Å². The Bertz CT molecular complexity index is 1400. The van der Waals surface area contributed by atoms with Crippen LogP contribution >= 0.6 is 0 Å². The highest BCUT2D eigenvalue weighted by atomic mass is 19.1. The fraction of sp³-hybridized carbons (Fsp3) is 0.296. The summed E-state index contributed by atoms with van der Waals surface area (Å²) >= 11 is 0. The van der Waals surface area contributed by atoms with E-state index in [0.717, 1.165) is 30.6 Å². The fourth-order valence-electron chi connectivity index (χ4n) is 4.29. The molecule has 10 nitrogen and oxygen atoms in total. The van der Waals surface area contributed by atoms with Crippen LogP contribution in [0.1, 0.15) is 23.7 Å². The summed E-state index contributed by atoms with van der Waals surface area (Å²) in [6.07, 6.45) is 5.17. The van der Waals surface area contributed by atoms with Crippen molar-refractivity contribution in [1.82, 2.24) is 14.5 Å². The molecule has 3 aromatic rings. The smallest absolute Gasteiger partial charge is 0.380 e. The summed E-state index contributed by atoms with van der Waals surface area (Å²) in [5, 5.41) is 13.9. The number of aliphatic hydroxyl groups is 1. The van der Waals surface area contributed by atoms with E-state index in [0.29, 0.717) is 17.4 Å². The molecule has 1 aliphatic rings. The first-order chi connectivity index (χ1) is 18.8. The van der Waals surface area contributed by atoms with Gasteiger partial charge in [0.05, 0.1) is 45.1 Å². The van der Waals surface area contributed by atoms with Crippen LogP contribution < -0.4 is 4.74 Å². The highest BCUT2D eigenvalue weighted by molar-refractivity contribution is 6.04. The molecule has 4 rings (SSSR count). The van der Waals surface area contributed by atoms with Crippen molar-refractivity contribution in [3.63, 3.8) is 0 Å². The van der Waals surface area contributed by atoms with Gasteiger partial charge in [-0.05, 0) is 49.8 Å². The number of oxime groups is 1. The zero-order chi connectivity index (χ0) is 28.2. The molecule has 0 amide bonds. The second kappa shape index (κ2) is 11.5. The summed E-state index contributed by atoms with van der Waals surface area (Å²) in [6.45, 7) is 3.18. The zero-order valence-corrected chi connectivity index (χ0v) is 21.9. The second-order valence-corrected chi connectivity index (χ2v) is 8.47. The first-order valence-corrected chi connectivity index (χ1v) is 12.0. The number of halogens is 2. The molecule has 0 spiro atoms. The Morgan fingerprint density at radius 3 is 2.51 bits per heavy atom. The lowest BCUT2D eigenvalue weighted by Gasteiger charge is -2.34. The molecular weight excluding hydrogens is 514 g/mol. The van der Waals surface area contributed by atoms with Crippen LogP contribution in [0.5, 0.6) is 5.75 Å². The lowest BCUT2D eigenvalue weighted by molar-refractivity contribution is -0.187. The van der Waals surface area contributed by atoms with Crippen molar-refractivity contribution in [2.75, 3.05) is 34.0 Å². The molecule has 0 bridgehead atoms. The number of imidazole rings is 1. The van der Waals surface area contributed by atoms with Crippen molar-refractivity contribution in [3.8, 4) is 11.4 Å². The van der Waals surface area contributed by atoms with Gasteiger partial charge >= 0.3 is 11.7 Å². The molecule has 1 atom stereocenters. The minimum absolute atomic E-state index is 0.00856. The standard InChI is InChI=1S/C27H28F2N4O6/c1-5-38-24(11-18-6-7-22(23(10-18)36-3)32-15-17(2)30-16-32)25-31-39-27(26(35)37-4,33(25)8-9-34)19-12-20(28)14-21(29)13-19/h6-7,10-16,34H,5,8-9H2,1-4H3. The summed E-state index contributed by atoms with van der Waals surface area (Å²) < 4.78 is 46.7. The zero-order valence-electron chi connectivity index (χ0n) is 21.9.